The summed E-state index contributed by atoms with van der Waals surface area (Å²) in [5.74, 6) is 6.55. The van der Waals surface area contributed by atoms with Crippen LogP contribution in [0.15, 0.2) is 18.5 Å². The highest BCUT2D eigenvalue weighted by molar-refractivity contribution is 5.96. The van der Waals surface area contributed by atoms with E-state index in [0.717, 1.165) is 31.8 Å². The molecule has 1 saturated heterocycles. The molecule has 2 rings (SSSR count). The van der Waals surface area contributed by atoms with Crippen molar-refractivity contribution in [2.75, 3.05) is 19.6 Å². The lowest BCUT2D eigenvalue weighted by atomic mass is 9.98. The van der Waals surface area contributed by atoms with Crippen LogP contribution in [0.1, 0.15) is 48.5 Å². The van der Waals surface area contributed by atoms with Gasteiger partial charge in [-0.3, -0.25) is 9.78 Å². The van der Waals surface area contributed by atoms with Crippen LogP contribution >= 0.6 is 0 Å². The lowest BCUT2D eigenvalue weighted by Gasteiger charge is -2.21. The van der Waals surface area contributed by atoms with Gasteiger partial charge in [-0.15, -0.1) is 0 Å². The maximum absolute atomic E-state index is 12.7. The lowest BCUT2D eigenvalue weighted by molar-refractivity contribution is 0.0759. The third-order valence-electron chi connectivity index (χ3n) is 4.09. The Kier molecular flexibility index (Phi) is 5.77. The Morgan fingerprint density at radius 3 is 3.10 bits per heavy atom. The van der Waals surface area contributed by atoms with E-state index in [9.17, 15) is 4.79 Å². The van der Waals surface area contributed by atoms with Crippen molar-refractivity contribution < 1.29 is 4.79 Å². The molecule has 21 heavy (non-hydrogen) atoms. The molecule has 2 heterocycles. The predicted molar refractivity (Wildman–Crippen MR) is 83.7 cm³/mol. The number of aromatic nitrogens is 1. The van der Waals surface area contributed by atoms with Gasteiger partial charge in [0.15, 0.2) is 0 Å². The highest BCUT2D eigenvalue weighted by Gasteiger charge is 2.22. The molecule has 0 spiro atoms. The summed E-state index contributed by atoms with van der Waals surface area (Å²) in [5.41, 5.74) is 6.72. The maximum atomic E-state index is 12.7. The van der Waals surface area contributed by atoms with Gasteiger partial charge in [-0.05, 0) is 31.2 Å². The first kappa shape index (κ1) is 15.5. The van der Waals surface area contributed by atoms with Crippen molar-refractivity contribution in [2.24, 2.45) is 11.7 Å². The second-order valence-corrected chi connectivity index (χ2v) is 5.42. The van der Waals surface area contributed by atoms with Crippen LogP contribution in [0.3, 0.4) is 0 Å². The fourth-order valence-corrected chi connectivity index (χ4v) is 2.77. The summed E-state index contributed by atoms with van der Waals surface area (Å²) in [4.78, 5) is 18.7. The largest absolute Gasteiger partial charge is 0.339 e. The van der Waals surface area contributed by atoms with Gasteiger partial charge in [0.25, 0.3) is 5.91 Å². The molecule has 1 aliphatic heterocycles. The number of rotatable bonds is 2. The average molecular weight is 285 g/mol. The molecule has 0 bridgehead atoms. The van der Waals surface area contributed by atoms with E-state index in [1.807, 2.05) is 4.90 Å². The summed E-state index contributed by atoms with van der Waals surface area (Å²) in [6.45, 7) is 4.18. The third-order valence-corrected chi connectivity index (χ3v) is 4.09. The van der Waals surface area contributed by atoms with Crippen molar-refractivity contribution in [1.29, 1.82) is 0 Å². The average Bonchev–Trinajstić information content (AvgIpc) is 2.78. The van der Waals surface area contributed by atoms with E-state index < -0.39 is 0 Å². The number of nitrogens with two attached hydrogens (primary N) is 1. The van der Waals surface area contributed by atoms with E-state index >= 15 is 0 Å². The van der Waals surface area contributed by atoms with Crippen molar-refractivity contribution in [2.45, 2.75) is 32.6 Å². The van der Waals surface area contributed by atoms with Crippen LogP contribution in [0.5, 0.6) is 0 Å². The van der Waals surface area contributed by atoms with Crippen LogP contribution in [0, 0.1) is 17.8 Å². The molecule has 0 saturated carbocycles. The molecule has 112 valence electrons. The summed E-state index contributed by atoms with van der Waals surface area (Å²) < 4.78 is 0. The first-order valence-electron chi connectivity index (χ1n) is 7.68. The van der Waals surface area contributed by atoms with Gasteiger partial charge in [-0.2, -0.15) is 0 Å². The second kappa shape index (κ2) is 7.80. The van der Waals surface area contributed by atoms with Crippen LogP contribution in [0.25, 0.3) is 0 Å². The molecule has 1 unspecified atom stereocenters. The molecule has 1 amide bonds. The Bertz CT molecular complexity index is 544. The molecule has 1 fully saturated rings. The minimum Gasteiger partial charge on any atom is -0.339 e. The van der Waals surface area contributed by atoms with Crippen LogP contribution in [-0.2, 0) is 0 Å². The SMILES string of the molecule is CCC1CCCN(C(=O)c2ccncc2C#CCN)CC1. The molecular weight excluding hydrogens is 262 g/mol. The van der Waals surface area contributed by atoms with E-state index in [-0.39, 0.29) is 12.5 Å². The maximum Gasteiger partial charge on any atom is 0.255 e. The zero-order chi connectivity index (χ0) is 15.1. The molecule has 1 aliphatic rings. The number of likely N-dealkylation sites (tertiary alicyclic amines) is 1. The number of amides is 1. The number of carbonyl (C=O) groups excluding carboxylic acids is 1. The van der Waals surface area contributed by atoms with E-state index in [2.05, 4.69) is 23.7 Å². The third kappa shape index (κ3) is 4.05. The topological polar surface area (TPSA) is 59.2 Å². The number of pyridine rings is 1. The van der Waals surface area contributed by atoms with E-state index in [0.29, 0.717) is 11.1 Å². The number of hydrogen-bond donors (Lipinski definition) is 1. The first-order chi connectivity index (χ1) is 10.3. The quantitative estimate of drug-likeness (QED) is 0.846. The van der Waals surface area contributed by atoms with Gasteiger partial charge in [0.1, 0.15) is 0 Å². The Morgan fingerprint density at radius 2 is 2.33 bits per heavy atom. The molecule has 1 aromatic heterocycles. The standard InChI is InChI=1S/C17H23N3O/c1-2-14-5-4-11-20(12-8-14)17(21)16-7-10-19-13-15(16)6-3-9-18/h7,10,13-14H,2,4-5,8-9,11-12,18H2,1H3. The van der Waals surface area contributed by atoms with Crippen molar-refractivity contribution in [1.82, 2.24) is 9.88 Å². The van der Waals surface area contributed by atoms with Gasteiger partial charge in [0, 0.05) is 25.5 Å². The Morgan fingerprint density at radius 1 is 1.48 bits per heavy atom. The van der Waals surface area contributed by atoms with Crippen LogP contribution < -0.4 is 5.73 Å². The van der Waals surface area contributed by atoms with Crippen molar-refractivity contribution in [3.8, 4) is 11.8 Å². The minimum absolute atomic E-state index is 0.0653. The van der Waals surface area contributed by atoms with Gasteiger partial charge in [-0.25, -0.2) is 0 Å². The molecule has 2 N–H and O–H groups in total. The van der Waals surface area contributed by atoms with Crippen LogP contribution in [-0.4, -0.2) is 35.4 Å². The summed E-state index contributed by atoms with van der Waals surface area (Å²) >= 11 is 0. The monoisotopic (exact) mass is 285 g/mol. The molecule has 0 radical (unpaired) electrons. The molecule has 0 aromatic carbocycles. The zero-order valence-corrected chi connectivity index (χ0v) is 12.6. The van der Waals surface area contributed by atoms with E-state index in [4.69, 9.17) is 5.73 Å². The normalized spacial score (nSPS) is 18.6. The van der Waals surface area contributed by atoms with Gasteiger partial charge in [0.05, 0.1) is 17.7 Å². The fourth-order valence-electron chi connectivity index (χ4n) is 2.77. The lowest BCUT2D eigenvalue weighted by Crippen LogP contribution is -2.32. The smallest absolute Gasteiger partial charge is 0.255 e. The van der Waals surface area contributed by atoms with Gasteiger partial charge < -0.3 is 10.6 Å². The summed E-state index contributed by atoms with van der Waals surface area (Å²) in [5, 5.41) is 0. The first-order valence-corrected chi connectivity index (χ1v) is 7.68. The van der Waals surface area contributed by atoms with Gasteiger partial charge >= 0.3 is 0 Å². The number of nitrogens with zero attached hydrogens (tertiary/aromatic N) is 2. The summed E-state index contributed by atoms with van der Waals surface area (Å²) in [7, 11) is 0. The summed E-state index contributed by atoms with van der Waals surface area (Å²) in [6.07, 6.45) is 7.88. The molecule has 0 aliphatic carbocycles. The number of carbonyl (C=O) groups is 1. The Balaban J connectivity index is 2.16. The molecular formula is C17H23N3O. The Hall–Kier alpha value is -1.86. The highest BCUT2D eigenvalue weighted by Crippen LogP contribution is 2.21. The van der Waals surface area contributed by atoms with Gasteiger partial charge in [-0.1, -0.05) is 25.2 Å². The molecule has 4 nitrogen and oxygen atoms in total. The number of hydrogen-bond acceptors (Lipinski definition) is 3. The van der Waals surface area contributed by atoms with Crippen LogP contribution in [0.4, 0.5) is 0 Å². The second-order valence-electron chi connectivity index (χ2n) is 5.42. The predicted octanol–water partition coefficient (Wildman–Crippen LogP) is 2.04. The van der Waals surface area contributed by atoms with Crippen molar-refractivity contribution in [3.05, 3.63) is 29.6 Å². The highest BCUT2D eigenvalue weighted by atomic mass is 16.2. The fraction of sp³-hybridized carbons (Fsp3) is 0.529. The zero-order valence-electron chi connectivity index (χ0n) is 12.6. The van der Waals surface area contributed by atoms with E-state index in [1.165, 1.54) is 12.8 Å². The van der Waals surface area contributed by atoms with E-state index in [1.54, 1.807) is 18.5 Å². The minimum atomic E-state index is 0.0653. The summed E-state index contributed by atoms with van der Waals surface area (Å²) in [6, 6.07) is 1.76. The van der Waals surface area contributed by atoms with Crippen molar-refractivity contribution >= 4 is 5.91 Å². The Labute approximate surface area is 126 Å². The van der Waals surface area contributed by atoms with Crippen molar-refractivity contribution in [3.63, 3.8) is 0 Å². The molecule has 1 atom stereocenters. The molecule has 1 aromatic rings. The van der Waals surface area contributed by atoms with Gasteiger partial charge in [0.2, 0.25) is 0 Å². The van der Waals surface area contributed by atoms with Crippen LogP contribution in [0.2, 0.25) is 0 Å². The molecule has 4 heteroatoms.